The third kappa shape index (κ3) is 5.31. The number of benzene rings is 2. The van der Waals surface area contributed by atoms with Crippen molar-refractivity contribution in [2.45, 2.75) is 51.4 Å². The molecule has 0 saturated carbocycles. The molecule has 0 saturated heterocycles. The van der Waals surface area contributed by atoms with Crippen molar-refractivity contribution in [1.82, 2.24) is 10.3 Å². The summed E-state index contributed by atoms with van der Waals surface area (Å²) in [5, 5.41) is 4.58. The van der Waals surface area contributed by atoms with Gasteiger partial charge in [0.15, 0.2) is 0 Å². The number of aromatic nitrogens is 1. The predicted octanol–water partition coefficient (Wildman–Crippen LogP) is 4.45. The average molecular weight is 455 g/mol. The molecule has 1 amide bonds. The smallest absolute Gasteiger partial charge is 0.332 e. The van der Waals surface area contributed by atoms with E-state index in [1.165, 1.54) is 5.56 Å². The number of nitrogens with one attached hydrogen (secondary N) is 2. The van der Waals surface area contributed by atoms with Crippen LogP contribution in [-0.4, -0.2) is 41.2 Å². The molecule has 7 heteroatoms. The Kier molecular flexibility index (Phi) is 6.26. The highest BCUT2D eigenvalue weighted by Gasteiger charge is 2.32. The highest BCUT2D eigenvalue weighted by Crippen LogP contribution is 2.25. The van der Waals surface area contributed by atoms with Gasteiger partial charge in [0.05, 0.1) is 12.1 Å². The zero-order valence-electron chi connectivity index (χ0n) is 18.4. The van der Waals surface area contributed by atoms with E-state index < -0.39 is 11.6 Å². The fraction of sp³-hybridized carbons (Fsp3) is 0.360. The fourth-order valence-corrected chi connectivity index (χ4v) is 4.20. The SMILES string of the molecule is CC(C)(C)OC(=O)CO[C@@H]1Cc2ccccc2C[C@H]1NC(=O)c1cc2cc(Cl)ccc2[nH]1. The van der Waals surface area contributed by atoms with Crippen LogP contribution >= 0.6 is 11.6 Å². The fourth-order valence-electron chi connectivity index (χ4n) is 4.02. The topological polar surface area (TPSA) is 80.4 Å². The van der Waals surface area contributed by atoms with Crippen LogP contribution in [0.1, 0.15) is 42.4 Å². The number of carbonyl (C=O) groups excluding carboxylic acids is 2. The zero-order chi connectivity index (χ0) is 22.9. The lowest BCUT2D eigenvalue weighted by Gasteiger charge is -2.33. The van der Waals surface area contributed by atoms with Crippen LogP contribution in [0, 0.1) is 0 Å². The minimum absolute atomic E-state index is 0.165. The molecule has 2 atom stereocenters. The third-order valence-electron chi connectivity index (χ3n) is 5.41. The lowest BCUT2D eigenvalue weighted by Crippen LogP contribution is -2.50. The summed E-state index contributed by atoms with van der Waals surface area (Å²) in [5.41, 5.74) is 3.04. The van der Waals surface area contributed by atoms with Gasteiger partial charge < -0.3 is 19.8 Å². The number of esters is 1. The summed E-state index contributed by atoms with van der Waals surface area (Å²) in [6.07, 6.45) is 0.874. The molecule has 4 rings (SSSR count). The molecule has 0 spiro atoms. The first-order valence-electron chi connectivity index (χ1n) is 10.7. The molecule has 0 bridgehead atoms. The normalized spacial score (nSPS) is 18.2. The van der Waals surface area contributed by atoms with Gasteiger partial charge in [-0.15, -0.1) is 0 Å². The number of hydrogen-bond donors (Lipinski definition) is 2. The summed E-state index contributed by atoms with van der Waals surface area (Å²) in [7, 11) is 0. The van der Waals surface area contributed by atoms with E-state index in [2.05, 4.69) is 22.4 Å². The molecule has 3 aromatic rings. The van der Waals surface area contributed by atoms with Crippen LogP contribution < -0.4 is 5.32 Å². The maximum atomic E-state index is 13.0. The molecule has 2 N–H and O–H groups in total. The maximum Gasteiger partial charge on any atom is 0.332 e. The van der Waals surface area contributed by atoms with Crippen molar-refractivity contribution in [3.8, 4) is 0 Å². The number of rotatable bonds is 5. The number of hydrogen-bond acceptors (Lipinski definition) is 4. The minimum atomic E-state index is -0.578. The summed E-state index contributed by atoms with van der Waals surface area (Å²) < 4.78 is 11.3. The van der Waals surface area contributed by atoms with Crippen molar-refractivity contribution < 1.29 is 19.1 Å². The molecule has 32 heavy (non-hydrogen) atoms. The molecular formula is C25H27ClN2O4. The number of amides is 1. The van der Waals surface area contributed by atoms with Crippen LogP contribution in [0.25, 0.3) is 10.9 Å². The second-order valence-electron chi connectivity index (χ2n) is 9.11. The number of H-pyrrole nitrogens is 1. The van der Waals surface area contributed by atoms with Gasteiger partial charge in [-0.05, 0) is 62.6 Å². The molecule has 1 aliphatic rings. The molecule has 0 radical (unpaired) electrons. The number of aromatic amines is 1. The third-order valence-corrected chi connectivity index (χ3v) is 5.64. The Morgan fingerprint density at radius 3 is 2.53 bits per heavy atom. The van der Waals surface area contributed by atoms with E-state index in [1.54, 1.807) is 12.1 Å². The van der Waals surface area contributed by atoms with Gasteiger partial charge in [0.2, 0.25) is 0 Å². The first-order chi connectivity index (χ1) is 15.2. The number of carbonyl (C=O) groups is 2. The van der Waals surface area contributed by atoms with Gasteiger partial charge in [0.1, 0.15) is 17.9 Å². The molecule has 1 aliphatic carbocycles. The average Bonchev–Trinajstić information content (AvgIpc) is 3.14. The predicted molar refractivity (Wildman–Crippen MR) is 124 cm³/mol. The van der Waals surface area contributed by atoms with Crippen molar-refractivity contribution in [2.24, 2.45) is 0 Å². The van der Waals surface area contributed by atoms with E-state index in [-0.39, 0.29) is 24.7 Å². The standard InChI is InChI=1S/C25H27ClN2O4/c1-25(2,3)32-23(29)14-31-22-13-16-7-5-4-6-15(16)11-20(22)28-24(30)21-12-17-10-18(26)8-9-19(17)27-21/h4-10,12,20,22,27H,11,13-14H2,1-3H3,(H,28,30)/t20-,22-/m1/s1. The molecular weight excluding hydrogens is 428 g/mol. The van der Waals surface area contributed by atoms with Gasteiger partial charge in [0.25, 0.3) is 5.91 Å². The summed E-state index contributed by atoms with van der Waals surface area (Å²) in [6, 6.07) is 15.0. The molecule has 1 heterocycles. The Hall–Kier alpha value is -2.83. The van der Waals surface area contributed by atoms with Crippen molar-refractivity contribution in [1.29, 1.82) is 0 Å². The first kappa shape index (κ1) is 22.4. The van der Waals surface area contributed by atoms with E-state index in [1.807, 2.05) is 45.0 Å². The van der Waals surface area contributed by atoms with Crippen LogP contribution in [0.3, 0.4) is 0 Å². The first-order valence-corrected chi connectivity index (χ1v) is 11.0. The Morgan fingerprint density at radius 2 is 1.81 bits per heavy atom. The molecule has 1 aromatic heterocycles. The van der Waals surface area contributed by atoms with Crippen molar-refractivity contribution >= 4 is 34.4 Å². The van der Waals surface area contributed by atoms with Gasteiger partial charge >= 0.3 is 5.97 Å². The Labute approximate surface area is 192 Å². The Morgan fingerprint density at radius 1 is 1.09 bits per heavy atom. The van der Waals surface area contributed by atoms with Gasteiger partial charge in [-0.2, -0.15) is 0 Å². The highest BCUT2D eigenvalue weighted by atomic mass is 35.5. The second-order valence-corrected chi connectivity index (χ2v) is 9.54. The Balaban J connectivity index is 1.50. The number of ether oxygens (including phenoxy) is 2. The van der Waals surface area contributed by atoms with Crippen molar-refractivity contribution in [2.75, 3.05) is 6.61 Å². The van der Waals surface area contributed by atoms with Gasteiger partial charge in [0, 0.05) is 22.3 Å². The van der Waals surface area contributed by atoms with E-state index >= 15 is 0 Å². The quantitative estimate of drug-likeness (QED) is 0.558. The maximum absolute atomic E-state index is 13.0. The van der Waals surface area contributed by atoms with E-state index in [0.717, 1.165) is 16.5 Å². The zero-order valence-corrected chi connectivity index (χ0v) is 19.2. The van der Waals surface area contributed by atoms with Gasteiger partial charge in [-0.25, -0.2) is 4.79 Å². The Bertz CT molecular complexity index is 1150. The second kappa shape index (κ2) is 8.96. The molecule has 0 fully saturated rings. The monoisotopic (exact) mass is 454 g/mol. The lowest BCUT2D eigenvalue weighted by molar-refractivity contribution is -0.162. The molecule has 0 unspecified atom stereocenters. The molecule has 0 aliphatic heterocycles. The van der Waals surface area contributed by atoms with Gasteiger partial charge in [-0.1, -0.05) is 35.9 Å². The molecule has 168 valence electrons. The molecule has 6 nitrogen and oxygen atoms in total. The van der Waals surface area contributed by atoms with Crippen molar-refractivity contribution in [3.05, 3.63) is 70.4 Å². The summed E-state index contributed by atoms with van der Waals surface area (Å²) in [4.78, 5) is 28.3. The van der Waals surface area contributed by atoms with E-state index in [0.29, 0.717) is 23.6 Å². The van der Waals surface area contributed by atoms with Gasteiger partial charge in [-0.3, -0.25) is 4.79 Å². The van der Waals surface area contributed by atoms with Crippen LogP contribution in [-0.2, 0) is 27.1 Å². The number of halogens is 1. The van der Waals surface area contributed by atoms with Crippen LogP contribution in [0.5, 0.6) is 0 Å². The largest absolute Gasteiger partial charge is 0.458 e. The molecule has 2 aromatic carbocycles. The summed E-state index contributed by atoms with van der Waals surface area (Å²) in [5.74, 6) is -0.651. The minimum Gasteiger partial charge on any atom is -0.458 e. The van der Waals surface area contributed by atoms with E-state index in [9.17, 15) is 9.59 Å². The highest BCUT2D eigenvalue weighted by molar-refractivity contribution is 6.31. The van der Waals surface area contributed by atoms with Crippen LogP contribution in [0.4, 0.5) is 0 Å². The summed E-state index contributed by atoms with van der Waals surface area (Å²) in [6.45, 7) is 5.29. The summed E-state index contributed by atoms with van der Waals surface area (Å²) >= 11 is 6.06. The van der Waals surface area contributed by atoms with Crippen LogP contribution in [0.15, 0.2) is 48.5 Å². The van der Waals surface area contributed by atoms with Crippen LogP contribution in [0.2, 0.25) is 5.02 Å². The van der Waals surface area contributed by atoms with E-state index in [4.69, 9.17) is 21.1 Å². The van der Waals surface area contributed by atoms with Crippen molar-refractivity contribution in [3.63, 3.8) is 0 Å². The lowest BCUT2D eigenvalue weighted by atomic mass is 9.86. The number of fused-ring (bicyclic) bond motifs is 2.